The molecule has 1 aromatic rings. The maximum Gasteiger partial charge on any atom is 0.101 e. The zero-order valence-electron chi connectivity index (χ0n) is 6.76. The first-order valence-electron chi connectivity index (χ1n) is 3.59. The molecule has 3 heteroatoms. The molecular formula is C9H9ClN2. The molecule has 2 nitrogen and oxygen atoms in total. The highest BCUT2D eigenvalue weighted by Crippen LogP contribution is 2.21. The van der Waals surface area contributed by atoms with Crippen LogP contribution in [0.4, 0.5) is 0 Å². The third-order valence-corrected chi connectivity index (χ3v) is 2.17. The van der Waals surface area contributed by atoms with E-state index in [2.05, 4.69) is 6.07 Å². The maximum absolute atomic E-state index is 8.74. The maximum atomic E-state index is 8.74. The highest BCUT2D eigenvalue weighted by molar-refractivity contribution is 6.31. The average Bonchev–Trinajstić information content (AvgIpc) is 2.06. The second-order valence-electron chi connectivity index (χ2n) is 2.52. The monoisotopic (exact) mass is 180 g/mol. The van der Waals surface area contributed by atoms with Gasteiger partial charge in [-0.1, -0.05) is 17.7 Å². The summed E-state index contributed by atoms with van der Waals surface area (Å²) in [6.45, 7) is 2.30. The van der Waals surface area contributed by atoms with Crippen LogP contribution in [0.2, 0.25) is 5.02 Å². The number of halogens is 1. The van der Waals surface area contributed by atoms with Gasteiger partial charge < -0.3 is 5.73 Å². The predicted molar refractivity (Wildman–Crippen MR) is 48.8 cm³/mol. The minimum Gasteiger partial charge on any atom is -0.326 e. The molecule has 0 bridgehead atoms. The van der Waals surface area contributed by atoms with Crippen molar-refractivity contribution in [1.29, 1.82) is 5.26 Å². The lowest BCUT2D eigenvalue weighted by molar-refractivity contribution is 1.05. The second kappa shape index (κ2) is 3.57. The van der Waals surface area contributed by atoms with Crippen molar-refractivity contribution in [1.82, 2.24) is 0 Å². The van der Waals surface area contributed by atoms with Crippen LogP contribution in [0.15, 0.2) is 12.1 Å². The molecule has 0 radical (unpaired) electrons. The van der Waals surface area contributed by atoms with E-state index in [1.165, 1.54) is 0 Å². The number of nitrogens with two attached hydrogens (primary N) is 1. The van der Waals surface area contributed by atoms with E-state index in [4.69, 9.17) is 22.6 Å². The standard InChI is InChI=1S/C9H9ClN2/c1-6-7(4-11)2-3-9(10)8(6)5-12/h2-3H,4,11H2,1H3. The minimum atomic E-state index is 0.442. The van der Waals surface area contributed by atoms with Gasteiger partial charge in [-0.2, -0.15) is 5.26 Å². The van der Waals surface area contributed by atoms with Gasteiger partial charge >= 0.3 is 0 Å². The van der Waals surface area contributed by atoms with Gasteiger partial charge in [-0.25, -0.2) is 0 Å². The molecule has 0 spiro atoms. The van der Waals surface area contributed by atoms with E-state index in [1.54, 1.807) is 6.07 Å². The van der Waals surface area contributed by atoms with Crippen LogP contribution in [0, 0.1) is 18.3 Å². The molecule has 12 heavy (non-hydrogen) atoms. The van der Waals surface area contributed by atoms with E-state index in [0.29, 0.717) is 17.1 Å². The quantitative estimate of drug-likeness (QED) is 0.719. The third-order valence-electron chi connectivity index (χ3n) is 1.86. The van der Waals surface area contributed by atoms with E-state index in [1.807, 2.05) is 13.0 Å². The molecule has 0 aliphatic heterocycles. The van der Waals surface area contributed by atoms with Gasteiger partial charge in [0.15, 0.2) is 0 Å². The molecule has 0 aromatic heterocycles. The molecule has 0 amide bonds. The summed E-state index contributed by atoms with van der Waals surface area (Å²) in [7, 11) is 0. The van der Waals surface area contributed by atoms with E-state index in [-0.39, 0.29) is 0 Å². The van der Waals surface area contributed by atoms with E-state index in [0.717, 1.165) is 11.1 Å². The molecule has 2 N–H and O–H groups in total. The molecule has 0 saturated heterocycles. The van der Waals surface area contributed by atoms with Gasteiger partial charge in [0.05, 0.1) is 10.6 Å². The van der Waals surface area contributed by atoms with E-state index >= 15 is 0 Å². The van der Waals surface area contributed by atoms with Crippen molar-refractivity contribution in [2.75, 3.05) is 0 Å². The largest absolute Gasteiger partial charge is 0.326 e. The summed E-state index contributed by atoms with van der Waals surface area (Å²) < 4.78 is 0. The summed E-state index contributed by atoms with van der Waals surface area (Å²) in [5, 5.41) is 9.24. The normalized spacial score (nSPS) is 9.50. The predicted octanol–water partition coefficient (Wildman–Crippen LogP) is 1.98. The van der Waals surface area contributed by atoms with Crippen molar-refractivity contribution in [2.24, 2.45) is 5.73 Å². The third kappa shape index (κ3) is 1.42. The van der Waals surface area contributed by atoms with Crippen molar-refractivity contribution in [2.45, 2.75) is 13.5 Å². The van der Waals surface area contributed by atoms with Crippen LogP contribution in [-0.4, -0.2) is 0 Å². The Kier molecular flexibility index (Phi) is 2.69. The lowest BCUT2D eigenvalue weighted by Gasteiger charge is -2.05. The Hall–Kier alpha value is -1.04. The zero-order valence-corrected chi connectivity index (χ0v) is 7.52. The summed E-state index contributed by atoms with van der Waals surface area (Å²) in [5.41, 5.74) is 7.85. The highest BCUT2D eigenvalue weighted by Gasteiger charge is 2.06. The van der Waals surface area contributed by atoms with Crippen molar-refractivity contribution in [3.63, 3.8) is 0 Å². The second-order valence-corrected chi connectivity index (χ2v) is 2.93. The molecular weight excluding hydrogens is 172 g/mol. The van der Waals surface area contributed by atoms with Gasteiger partial charge in [0.25, 0.3) is 0 Å². The van der Waals surface area contributed by atoms with Crippen LogP contribution in [0.1, 0.15) is 16.7 Å². The van der Waals surface area contributed by atoms with Crippen molar-refractivity contribution < 1.29 is 0 Å². The number of rotatable bonds is 1. The smallest absolute Gasteiger partial charge is 0.101 e. The summed E-state index contributed by atoms with van der Waals surface area (Å²) in [6, 6.07) is 5.60. The number of nitriles is 1. The minimum absolute atomic E-state index is 0.442. The molecule has 0 saturated carbocycles. The van der Waals surface area contributed by atoms with Crippen LogP contribution in [-0.2, 0) is 6.54 Å². The van der Waals surface area contributed by atoms with Crippen molar-refractivity contribution >= 4 is 11.6 Å². The Morgan fingerprint density at radius 3 is 2.75 bits per heavy atom. The van der Waals surface area contributed by atoms with Crippen LogP contribution < -0.4 is 5.73 Å². The zero-order chi connectivity index (χ0) is 9.14. The SMILES string of the molecule is Cc1c(CN)ccc(Cl)c1C#N. The Balaban J connectivity index is 3.36. The fourth-order valence-electron chi connectivity index (χ4n) is 1.08. The highest BCUT2D eigenvalue weighted by atomic mass is 35.5. The fourth-order valence-corrected chi connectivity index (χ4v) is 1.33. The average molecular weight is 181 g/mol. The first-order chi connectivity index (χ1) is 5.70. The van der Waals surface area contributed by atoms with Crippen molar-refractivity contribution in [3.05, 3.63) is 33.8 Å². The molecule has 0 heterocycles. The lowest BCUT2D eigenvalue weighted by Crippen LogP contribution is -2.00. The van der Waals surface area contributed by atoms with Crippen LogP contribution >= 0.6 is 11.6 Å². The number of hydrogen-bond donors (Lipinski definition) is 1. The molecule has 0 aliphatic carbocycles. The Morgan fingerprint density at radius 2 is 2.25 bits per heavy atom. The van der Waals surface area contributed by atoms with Crippen LogP contribution in [0.3, 0.4) is 0 Å². The summed E-state index contributed by atoms with van der Waals surface area (Å²) >= 11 is 5.80. The molecule has 0 fully saturated rings. The fraction of sp³-hybridized carbons (Fsp3) is 0.222. The Labute approximate surface area is 76.6 Å². The molecule has 0 unspecified atom stereocenters. The van der Waals surface area contributed by atoms with Gasteiger partial charge in [-0.15, -0.1) is 0 Å². The Morgan fingerprint density at radius 1 is 1.58 bits per heavy atom. The van der Waals surface area contributed by atoms with E-state index < -0.39 is 0 Å². The van der Waals surface area contributed by atoms with Gasteiger partial charge in [-0.05, 0) is 24.1 Å². The number of benzene rings is 1. The summed E-state index contributed by atoms with van der Waals surface area (Å²) in [6.07, 6.45) is 0. The first-order valence-corrected chi connectivity index (χ1v) is 3.96. The van der Waals surface area contributed by atoms with Gasteiger partial charge in [0, 0.05) is 6.54 Å². The number of nitrogens with zero attached hydrogens (tertiary/aromatic N) is 1. The van der Waals surface area contributed by atoms with Crippen LogP contribution in [0.5, 0.6) is 0 Å². The molecule has 0 aliphatic rings. The van der Waals surface area contributed by atoms with Gasteiger partial charge in [0.1, 0.15) is 6.07 Å². The van der Waals surface area contributed by atoms with Crippen LogP contribution in [0.25, 0.3) is 0 Å². The molecule has 1 aromatic carbocycles. The van der Waals surface area contributed by atoms with E-state index in [9.17, 15) is 0 Å². The molecule has 0 atom stereocenters. The molecule has 1 rings (SSSR count). The van der Waals surface area contributed by atoms with Gasteiger partial charge in [-0.3, -0.25) is 0 Å². The Bertz CT molecular complexity index is 339. The summed E-state index contributed by atoms with van der Waals surface area (Å²) in [5.74, 6) is 0. The first kappa shape index (κ1) is 9.05. The topological polar surface area (TPSA) is 49.8 Å². The van der Waals surface area contributed by atoms with Crippen molar-refractivity contribution in [3.8, 4) is 6.07 Å². The lowest BCUT2D eigenvalue weighted by atomic mass is 10.0. The molecule has 62 valence electrons. The summed E-state index contributed by atoms with van der Waals surface area (Å²) in [4.78, 5) is 0. The van der Waals surface area contributed by atoms with Gasteiger partial charge in [0.2, 0.25) is 0 Å². The number of hydrogen-bond acceptors (Lipinski definition) is 2.